The van der Waals surface area contributed by atoms with Gasteiger partial charge in [-0.2, -0.15) is 0 Å². The predicted molar refractivity (Wildman–Crippen MR) is 74.2 cm³/mol. The first kappa shape index (κ1) is 13.6. The second-order valence-corrected chi connectivity index (χ2v) is 4.70. The third-order valence-corrected chi connectivity index (χ3v) is 3.54. The molecule has 1 saturated heterocycles. The van der Waals surface area contributed by atoms with Crippen molar-refractivity contribution in [3.63, 3.8) is 0 Å². The molecule has 6 nitrogen and oxygen atoms in total. The molecule has 1 fully saturated rings. The van der Waals surface area contributed by atoms with E-state index in [1.165, 1.54) is 0 Å². The molecule has 1 aliphatic rings. The Hall–Kier alpha value is -1.82. The van der Waals surface area contributed by atoms with E-state index in [2.05, 4.69) is 9.88 Å². The number of nitrogens with zero attached hydrogens (tertiary/aromatic N) is 3. The molecule has 0 aromatic carbocycles. The Morgan fingerprint density at radius 3 is 2.68 bits per heavy atom. The number of carbonyl (C=O) groups is 1. The molecule has 1 unspecified atom stereocenters. The average molecular weight is 264 g/mol. The van der Waals surface area contributed by atoms with Crippen molar-refractivity contribution in [1.82, 2.24) is 9.88 Å². The van der Waals surface area contributed by atoms with Crippen LogP contribution in [0.5, 0.6) is 0 Å². The first-order valence-corrected chi connectivity index (χ1v) is 6.55. The number of anilines is 2. The van der Waals surface area contributed by atoms with E-state index in [1.54, 1.807) is 6.20 Å². The summed E-state index contributed by atoms with van der Waals surface area (Å²) in [5.41, 5.74) is 6.58. The maximum atomic E-state index is 11.1. The summed E-state index contributed by atoms with van der Waals surface area (Å²) < 4.78 is 0. The summed E-state index contributed by atoms with van der Waals surface area (Å²) >= 11 is 0. The molecule has 2 rings (SSSR count). The normalized spacial score (nSPS) is 18.3. The molecule has 1 aliphatic heterocycles. The van der Waals surface area contributed by atoms with Crippen LogP contribution in [0.25, 0.3) is 0 Å². The summed E-state index contributed by atoms with van der Waals surface area (Å²) in [5, 5.41) is 9.16. The summed E-state index contributed by atoms with van der Waals surface area (Å²) in [4.78, 5) is 19.6. The van der Waals surface area contributed by atoms with Crippen LogP contribution in [-0.4, -0.2) is 53.2 Å². The summed E-state index contributed by atoms with van der Waals surface area (Å²) in [7, 11) is 0. The van der Waals surface area contributed by atoms with E-state index in [0.717, 1.165) is 32.0 Å². The first-order chi connectivity index (χ1) is 9.13. The lowest BCUT2D eigenvalue weighted by Crippen LogP contribution is -2.52. The van der Waals surface area contributed by atoms with E-state index < -0.39 is 5.97 Å². The Balaban J connectivity index is 2.00. The molecule has 3 N–H and O–H groups in total. The van der Waals surface area contributed by atoms with Crippen molar-refractivity contribution in [2.24, 2.45) is 0 Å². The summed E-state index contributed by atoms with van der Waals surface area (Å²) in [6.45, 7) is 4.86. The molecule has 1 atom stereocenters. The van der Waals surface area contributed by atoms with E-state index in [-0.39, 0.29) is 6.04 Å². The molecule has 0 bridgehead atoms. The number of aromatic nitrogens is 1. The van der Waals surface area contributed by atoms with Crippen LogP contribution in [0.15, 0.2) is 18.3 Å². The lowest BCUT2D eigenvalue weighted by atomic mass is 10.1. The second kappa shape index (κ2) is 5.88. The number of carboxylic acid groups (broad SMARTS) is 1. The molecule has 19 heavy (non-hydrogen) atoms. The zero-order chi connectivity index (χ0) is 13.8. The highest BCUT2D eigenvalue weighted by Gasteiger charge is 2.28. The Morgan fingerprint density at radius 1 is 1.47 bits per heavy atom. The smallest absolute Gasteiger partial charge is 0.320 e. The van der Waals surface area contributed by atoms with Gasteiger partial charge in [0.1, 0.15) is 6.04 Å². The highest BCUT2D eigenvalue weighted by molar-refractivity contribution is 5.73. The molecule has 0 spiro atoms. The molecule has 1 aromatic rings. The van der Waals surface area contributed by atoms with Gasteiger partial charge in [0.25, 0.3) is 0 Å². The molecule has 104 valence electrons. The van der Waals surface area contributed by atoms with Gasteiger partial charge >= 0.3 is 5.97 Å². The molecule has 2 heterocycles. The van der Waals surface area contributed by atoms with Gasteiger partial charge in [-0.3, -0.25) is 9.69 Å². The zero-order valence-corrected chi connectivity index (χ0v) is 11.1. The van der Waals surface area contributed by atoms with Crippen LogP contribution in [-0.2, 0) is 4.79 Å². The van der Waals surface area contributed by atoms with Crippen LogP contribution >= 0.6 is 0 Å². The van der Waals surface area contributed by atoms with E-state index in [9.17, 15) is 4.79 Å². The van der Waals surface area contributed by atoms with Gasteiger partial charge in [0.2, 0.25) is 0 Å². The summed E-state index contributed by atoms with van der Waals surface area (Å²) in [6, 6.07) is 3.26. The number of piperazine rings is 1. The number of aliphatic carboxylic acids is 1. The summed E-state index contributed by atoms with van der Waals surface area (Å²) in [6.07, 6.45) is 2.35. The number of nitrogen functional groups attached to an aromatic ring is 1. The molecule has 1 aromatic heterocycles. The Kier molecular flexibility index (Phi) is 4.21. The van der Waals surface area contributed by atoms with E-state index in [4.69, 9.17) is 10.8 Å². The molecule has 6 heteroatoms. The number of rotatable bonds is 4. The third-order valence-electron chi connectivity index (χ3n) is 3.54. The van der Waals surface area contributed by atoms with Crippen LogP contribution in [0.3, 0.4) is 0 Å². The van der Waals surface area contributed by atoms with Crippen molar-refractivity contribution in [3.8, 4) is 0 Å². The first-order valence-electron chi connectivity index (χ1n) is 6.55. The van der Waals surface area contributed by atoms with Gasteiger partial charge in [-0.05, 0) is 18.6 Å². The van der Waals surface area contributed by atoms with Crippen molar-refractivity contribution in [2.75, 3.05) is 36.8 Å². The van der Waals surface area contributed by atoms with E-state index >= 15 is 0 Å². The predicted octanol–water partition coefficient (Wildman–Crippen LogP) is 0.649. The number of nitrogens with two attached hydrogens (primary N) is 1. The highest BCUT2D eigenvalue weighted by atomic mass is 16.4. The molecule has 0 radical (unpaired) electrons. The molecule has 0 aliphatic carbocycles. The second-order valence-electron chi connectivity index (χ2n) is 4.70. The van der Waals surface area contributed by atoms with Crippen molar-refractivity contribution in [1.29, 1.82) is 0 Å². The van der Waals surface area contributed by atoms with E-state index in [0.29, 0.717) is 12.1 Å². The van der Waals surface area contributed by atoms with Crippen LogP contribution in [0.1, 0.15) is 13.3 Å². The fourth-order valence-corrected chi connectivity index (χ4v) is 2.51. The lowest BCUT2D eigenvalue weighted by Gasteiger charge is -2.38. The van der Waals surface area contributed by atoms with Crippen molar-refractivity contribution in [3.05, 3.63) is 18.3 Å². The number of hydrogen-bond acceptors (Lipinski definition) is 5. The maximum Gasteiger partial charge on any atom is 0.320 e. The average Bonchev–Trinajstić information content (AvgIpc) is 2.41. The third kappa shape index (κ3) is 2.96. The van der Waals surface area contributed by atoms with Crippen LogP contribution in [0, 0.1) is 0 Å². The zero-order valence-electron chi connectivity index (χ0n) is 11.1. The Morgan fingerprint density at radius 2 is 2.16 bits per heavy atom. The fraction of sp³-hybridized carbons (Fsp3) is 0.538. The maximum absolute atomic E-state index is 11.1. The number of carboxylic acids is 1. The topological polar surface area (TPSA) is 82.7 Å². The number of hydrogen-bond donors (Lipinski definition) is 2. The van der Waals surface area contributed by atoms with Crippen LogP contribution in [0.4, 0.5) is 11.5 Å². The van der Waals surface area contributed by atoms with Gasteiger partial charge in [0, 0.05) is 32.4 Å². The lowest BCUT2D eigenvalue weighted by molar-refractivity contribution is -0.143. The Labute approximate surface area is 112 Å². The monoisotopic (exact) mass is 264 g/mol. The molecule has 0 saturated carbocycles. The quantitative estimate of drug-likeness (QED) is 0.831. The van der Waals surface area contributed by atoms with Crippen molar-refractivity contribution >= 4 is 17.5 Å². The minimum Gasteiger partial charge on any atom is -0.480 e. The number of pyridine rings is 1. The highest BCUT2D eigenvalue weighted by Crippen LogP contribution is 2.21. The molecule has 0 amide bonds. The molecular formula is C13H20N4O2. The standard InChI is InChI=1S/C13H20N4O2/c1-2-11(13(18)19)16-6-8-17(9-7-16)12-10(14)4-3-5-15-12/h3-5,11H,2,6-9,14H2,1H3,(H,18,19). The fourth-order valence-electron chi connectivity index (χ4n) is 2.51. The van der Waals surface area contributed by atoms with Gasteiger partial charge in [0.15, 0.2) is 5.82 Å². The largest absolute Gasteiger partial charge is 0.480 e. The van der Waals surface area contributed by atoms with Gasteiger partial charge in [-0.15, -0.1) is 0 Å². The van der Waals surface area contributed by atoms with E-state index in [1.807, 2.05) is 24.0 Å². The van der Waals surface area contributed by atoms with Crippen molar-refractivity contribution in [2.45, 2.75) is 19.4 Å². The molecular weight excluding hydrogens is 244 g/mol. The van der Waals surface area contributed by atoms with Gasteiger partial charge < -0.3 is 15.7 Å². The summed E-state index contributed by atoms with van der Waals surface area (Å²) in [5.74, 6) is 0.0545. The van der Waals surface area contributed by atoms with Gasteiger partial charge in [-0.25, -0.2) is 4.98 Å². The van der Waals surface area contributed by atoms with Crippen LogP contribution < -0.4 is 10.6 Å². The van der Waals surface area contributed by atoms with Gasteiger partial charge in [0.05, 0.1) is 5.69 Å². The van der Waals surface area contributed by atoms with Crippen LogP contribution in [0.2, 0.25) is 0 Å². The Bertz CT molecular complexity index is 444. The minimum absolute atomic E-state index is 0.386. The van der Waals surface area contributed by atoms with Crippen molar-refractivity contribution < 1.29 is 9.90 Å². The van der Waals surface area contributed by atoms with Gasteiger partial charge in [-0.1, -0.05) is 6.92 Å². The SMILES string of the molecule is CCC(C(=O)O)N1CCN(c2ncccc2N)CC1. The minimum atomic E-state index is -0.742.